The molecular weight excluding hydrogens is 230 g/mol. The number of aryl methyl sites for hydroxylation is 1. The van der Waals surface area contributed by atoms with Crippen LogP contribution in [0.3, 0.4) is 0 Å². The fourth-order valence-corrected chi connectivity index (χ4v) is 2.90. The summed E-state index contributed by atoms with van der Waals surface area (Å²) in [5.74, 6) is 0. The van der Waals surface area contributed by atoms with Crippen LogP contribution in [0.4, 0.5) is 0 Å². The van der Waals surface area contributed by atoms with Gasteiger partial charge in [-0.2, -0.15) is 0 Å². The van der Waals surface area contributed by atoms with E-state index in [2.05, 4.69) is 44.5 Å². The van der Waals surface area contributed by atoms with Crippen LogP contribution in [-0.2, 0) is 4.74 Å². The number of rotatable bonds is 8. The van der Waals surface area contributed by atoms with Gasteiger partial charge in [-0.1, -0.05) is 20.3 Å². The van der Waals surface area contributed by atoms with Gasteiger partial charge in [-0.25, -0.2) is 0 Å². The molecular formula is C14H25NOS. The van der Waals surface area contributed by atoms with Gasteiger partial charge in [-0.3, -0.25) is 0 Å². The molecule has 1 aromatic rings. The van der Waals surface area contributed by atoms with Crippen LogP contribution < -0.4 is 5.32 Å². The van der Waals surface area contributed by atoms with E-state index >= 15 is 0 Å². The van der Waals surface area contributed by atoms with Gasteiger partial charge in [0.05, 0.1) is 12.1 Å². The van der Waals surface area contributed by atoms with E-state index in [4.69, 9.17) is 4.74 Å². The zero-order valence-electron chi connectivity index (χ0n) is 11.5. The van der Waals surface area contributed by atoms with E-state index in [0.29, 0.717) is 12.1 Å². The molecule has 1 rings (SSSR count). The summed E-state index contributed by atoms with van der Waals surface area (Å²) in [6.07, 6.45) is 2.56. The highest BCUT2D eigenvalue weighted by molar-refractivity contribution is 7.10. The van der Waals surface area contributed by atoms with Gasteiger partial charge in [0.2, 0.25) is 0 Å². The van der Waals surface area contributed by atoms with E-state index in [1.54, 1.807) is 0 Å². The Morgan fingerprint density at radius 2 is 2.12 bits per heavy atom. The Labute approximate surface area is 109 Å². The van der Waals surface area contributed by atoms with Crippen molar-refractivity contribution in [2.75, 3.05) is 13.2 Å². The van der Waals surface area contributed by atoms with Crippen LogP contribution in [0.1, 0.15) is 50.1 Å². The number of hydrogen-bond acceptors (Lipinski definition) is 3. The van der Waals surface area contributed by atoms with Crippen molar-refractivity contribution in [2.24, 2.45) is 0 Å². The van der Waals surface area contributed by atoms with Crippen molar-refractivity contribution in [1.29, 1.82) is 0 Å². The highest BCUT2D eigenvalue weighted by atomic mass is 32.1. The molecule has 2 unspecified atom stereocenters. The lowest BCUT2D eigenvalue weighted by Gasteiger charge is -2.27. The maximum absolute atomic E-state index is 5.90. The van der Waals surface area contributed by atoms with Gasteiger partial charge in [0.25, 0.3) is 0 Å². The van der Waals surface area contributed by atoms with Crippen molar-refractivity contribution in [2.45, 2.75) is 52.7 Å². The third-order valence-electron chi connectivity index (χ3n) is 2.86. The molecule has 3 heteroatoms. The molecule has 0 aliphatic rings. The van der Waals surface area contributed by atoms with Gasteiger partial charge in [0, 0.05) is 11.5 Å². The van der Waals surface area contributed by atoms with E-state index in [9.17, 15) is 0 Å². The Hall–Kier alpha value is -0.380. The number of hydrogen-bond donors (Lipinski definition) is 1. The van der Waals surface area contributed by atoms with Gasteiger partial charge in [0.15, 0.2) is 0 Å². The molecule has 1 aromatic heterocycles. The molecule has 17 heavy (non-hydrogen) atoms. The van der Waals surface area contributed by atoms with Crippen LogP contribution in [0.5, 0.6) is 0 Å². The first-order chi connectivity index (χ1) is 8.22. The fraction of sp³-hybridized carbons (Fsp3) is 0.714. The molecule has 0 fully saturated rings. The molecule has 0 spiro atoms. The quantitative estimate of drug-likeness (QED) is 0.760. The van der Waals surface area contributed by atoms with Gasteiger partial charge in [-0.15, -0.1) is 11.3 Å². The van der Waals surface area contributed by atoms with Gasteiger partial charge in [0.1, 0.15) is 0 Å². The topological polar surface area (TPSA) is 21.3 Å². The van der Waals surface area contributed by atoms with Crippen LogP contribution in [0.15, 0.2) is 11.4 Å². The molecule has 0 aliphatic carbocycles. The molecule has 2 atom stereocenters. The standard InChI is InChI=1S/C14H25NOS/c1-5-8-13(16-7-3)14(15-6-2)12-9-11(4)17-10-12/h9-10,13-15H,5-8H2,1-4H3. The maximum Gasteiger partial charge on any atom is 0.0769 e. The van der Waals surface area contributed by atoms with Crippen molar-refractivity contribution < 1.29 is 4.74 Å². The zero-order valence-corrected chi connectivity index (χ0v) is 12.3. The largest absolute Gasteiger partial charge is 0.377 e. The number of nitrogens with one attached hydrogen (secondary N) is 1. The predicted octanol–water partition coefficient (Wildman–Crippen LogP) is 3.91. The third kappa shape index (κ3) is 4.41. The summed E-state index contributed by atoms with van der Waals surface area (Å²) in [7, 11) is 0. The predicted molar refractivity (Wildman–Crippen MR) is 75.8 cm³/mol. The number of likely N-dealkylation sites (N-methyl/N-ethyl adjacent to an activating group) is 1. The SMILES string of the molecule is CCCC(OCC)C(NCC)c1csc(C)c1. The summed E-state index contributed by atoms with van der Waals surface area (Å²) >= 11 is 1.82. The second kappa shape index (κ2) is 7.85. The molecule has 0 bridgehead atoms. The molecule has 0 saturated heterocycles. The van der Waals surface area contributed by atoms with Crippen LogP contribution in [-0.4, -0.2) is 19.3 Å². The van der Waals surface area contributed by atoms with Crippen molar-refractivity contribution >= 4 is 11.3 Å². The monoisotopic (exact) mass is 255 g/mol. The van der Waals surface area contributed by atoms with Crippen molar-refractivity contribution in [1.82, 2.24) is 5.32 Å². The number of thiophene rings is 1. The Bertz CT molecular complexity index is 305. The minimum Gasteiger partial charge on any atom is -0.377 e. The summed E-state index contributed by atoms with van der Waals surface area (Å²) in [6, 6.07) is 2.62. The Kier molecular flexibility index (Phi) is 6.78. The van der Waals surface area contributed by atoms with Crippen LogP contribution >= 0.6 is 11.3 Å². The van der Waals surface area contributed by atoms with E-state index in [1.165, 1.54) is 10.4 Å². The van der Waals surface area contributed by atoms with Crippen LogP contribution in [0.2, 0.25) is 0 Å². The van der Waals surface area contributed by atoms with Crippen molar-refractivity contribution in [3.8, 4) is 0 Å². The van der Waals surface area contributed by atoms with Gasteiger partial charge >= 0.3 is 0 Å². The molecule has 2 nitrogen and oxygen atoms in total. The fourth-order valence-electron chi connectivity index (χ4n) is 2.16. The van der Waals surface area contributed by atoms with Crippen molar-refractivity contribution in [3.05, 3.63) is 21.9 Å². The summed E-state index contributed by atoms with van der Waals surface area (Å²) in [5.41, 5.74) is 1.38. The Balaban J connectivity index is 2.80. The lowest BCUT2D eigenvalue weighted by atomic mass is 10.00. The number of ether oxygens (including phenoxy) is 1. The van der Waals surface area contributed by atoms with Crippen molar-refractivity contribution in [3.63, 3.8) is 0 Å². The van der Waals surface area contributed by atoms with E-state index in [-0.39, 0.29) is 0 Å². The first kappa shape index (κ1) is 14.7. The van der Waals surface area contributed by atoms with Gasteiger partial charge in [-0.05, 0) is 43.8 Å². The molecule has 98 valence electrons. The summed E-state index contributed by atoms with van der Waals surface area (Å²) in [6.45, 7) is 10.4. The average Bonchev–Trinajstić information content (AvgIpc) is 2.72. The normalized spacial score (nSPS) is 14.8. The van der Waals surface area contributed by atoms with Crippen LogP contribution in [0.25, 0.3) is 0 Å². The second-order valence-electron chi connectivity index (χ2n) is 4.31. The summed E-state index contributed by atoms with van der Waals surface area (Å²) in [4.78, 5) is 1.37. The lowest BCUT2D eigenvalue weighted by molar-refractivity contribution is 0.0281. The molecule has 1 N–H and O–H groups in total. The summed E-state index contributed by atoms with van der Waals surface area (Å²) in [5, 5.41) is 5.82. The van der Waals surface area contributed by atoms with Gasteiger partial charge < -0.3 is 10.1 Å². The van der Waals surface area contributed by atoms with E-state index in [1.807, 2.05) is 11.3 Å². The van der Waals surface area contributed by atoms with E-state index < -0.39 is 0 Å². The first-order valence-electron chi connectivity index (χ1n) is 6.62. The Morgan fingerprint density at radius 3 is 2.59 bits per heavy atom. The minimum absolute atomic E-state index is 0.291. The highest BCUT2D eigenvalue weighted by Gasteiger charge is 2.22. The highest BCUT2D eigenvalue weighted by Crippen LogP contribution is 2.26. The average molecular weight is 255 g/mol. The van der Waals surface area contributed by atoms with E-state index in [0.717, 1.165) is 26.0 Å². The minimum atomic E-state index is 0.291. The second-order valence-corrected chi connectivity index (χ2v) is 5.42. The first-order valence-corrected chi connectivity index (χ1v) is 7.50. The smallest absolute Gasteiger partial charge is 0.0769 e. The lowest BCUT2D eigenvalue weighted by Crippen LogP contribution is -2.33. The maximum atomic E-state index is 5.90. The van der Waals surface area contributed by atoms with Crippen LogP contribution in [0, 0.1) is 6.92 Å². The zero-order chi connectivity index (χ0) is 12.7. The molecule has 1 heterocycles. The third-order valence-corrected chi connectivity index (χ3v) is 3.74. The molecule has 0 saturated carbocycles. The Morgan fingerprint density at radius 1 is 1.35 bits per heavy atom. The summed E-state index contributed by atoms with van der Waals surface area (Å²) < 4.78 is 5.90. The molecule has 0 aromatic carbocycles. The molecule has 0 radical (unpaired) electrons. The molecule has 0 amide bonds. The molecule has 0 aliphatic heterocycles.